The quantitative estimate of drug-likeness (QED) is 0.809. The van der Waals surface area contributed by atoms with E-state index in [2.05, 4.69) is 20.9 Å². The summed E-state index contributed by atoms with van der Waals surface area (Å²) in [6, 6.07) is 0.471. The molecule has 0 aliphatic carbocycles. The Morgan fingerprint density at radius 2 is 2.25 bits per heavy atom. The van der Waals surface area contributed by atoms with Crippen LogP contribution in [0, 0.1) is 5.92 Å². The van der Waals surface area contributed by atoms with E-state index in [-0.39, 0.29) is 11.9 Å². The van der Waals surface area contributed by atoms with Crippen molar-refractivity contribution >= 4 is 5.91 Å². The Bertz CT molecular complexity index is 465. The number of rotatable bonds is 4. The molecule has 3 rings (SSSR count). The van der Waals surface area contributed by atoms with Gasteiger partial charge in [0.05, 0.1) is 12.2 Å². The van der Waals surface area contributed by atoms with Crippen LogP contribution in [-0.4, -0.2) is 53.2 Å². The van der Waals surface area contributed by atoms with Gasteiger partial charge in [-0.15, -0.1) is 5.10 Å². The predicted octanol–water partition coefficient (Wildman–Crippen LogP) is -0.0327. The molecule has 2 saturated heterocycles. The van der Waals surface area contributed by atoms with E-state index in [0.717, 1.165) is 39.1 Å². The van der Waals surface area contributed by atoms with E-state index >= 15 is 0 Å². The second-order valence-electron chi connectivity index (χ2n) is 5.61. The summed E-state index contributed by atoms with van der Waals surface area (Å²) in [4.78, 5) is 12.2. The van der Waals surface area contributed by atoms with Crippen molar-refractivity contribution in [2.45, 2.75) is 31.8 Å². The molecule has 110 valence electrons. The Hall–Kier alpha value is -1.47. The van der Waals surface area contributed by atoms with Gasteiger partial charge in [0, 0.05) is 32.3 Å². The van der Waals surface area contributed by atoms with Crippen molar-refractivity contribution in [3.63, 3.8) is 0 Å². The van der Waals surface area contributed by atoms with E-state index in [1.54, 1.807) is 10.9 Å². The fraction of sp³-hybridized carbons (Fsp3) is 0.769. The summed E-state index contributed by atoms with van der Waals surface area (Å²) >= 11 is 0. The number of hydrogen-bond acceptors (Lipinski definition) is 5. The van der Waals surface area contributed by atoms with Gasteiger partial charge in [-0.05, 0) is 25.7 Å². The molecule has 3 heterocycles. The highest BCUT2D eigenvalue weighted by molar-refractivity contribution is 5.92. The summed E-state index contributed by atoms with van der Waals surface area (Å²) in [5, 5.41) is 14.2. The maximum Gasteiger partial charge on any atom is 0.273 e. The van der Waals surface area contributed by atoms with Gasteiger partial charge < -0.3 is 15.4 Å². The van der Waals surface area contributed by atoms with E-state index in [0.29, 0.717) is 17.7 Å². The Kier molecular flexibility index (Phi) is 3.98. The number of aromatic nitrogens is 3. The molecule has 7 heteroatoms. The van der Waals surface area contributed by atoms with Crippen molar-refractivity contribution in [3.05, 3.63) is 11.9 Å². The zero-order valence-electron chi connectivity index (χ0n) is 11.7. The van der Waals surface area contributed by atoms with E-state index < -0.39 is 0 Å². The van der Waals surface area contributed by atoms with Crippen LogP contribution in [0.25, 0.3) is 0 Å². The lowest BCUT2D eigenvalue weighted by molar-refractivity contribution is 0.0537. The van der Waals surface area contributed by atoms with Crippen LogP contribution in [0.2, 0.25) is 0 Å². The molecule has 2 aliphatic heterocycles. The maximum absolute atomic E-state index is 12.2. The molecular weight excluding hydrogens is 258 g/mol. The molecule has 0 saturated carbocycles. The van der Waals surface area contributed by atoms with Gasteiger partial charge in [0.25, 0.3) is 5.91 Å². The Balaban J connectivity index is 1.56. The number of hydrogen-bond donors (Lipinski definition) is 2. The van der Waals surface area contributed by atoms with Crippen LogP contribution < -0.4 is 10.6 Å². The summed E-state index contributed by atoms with van der Waals surface area (Å²) in [5.74, 6) is 0.348. The highest BCUT2D eigenvalue weighted by Gasteiger charge is 2.25. The first-order valence-corrected chi connectivity index (χ1v) is 7.25. The minimum Gasteiger partial charge on any atom is -0.381 e. The molecular formula is C13H21N5O2. The van der Waals surface area contributed by atoms with Crippen molar-refractivity contribution in [2.75, 3.05) is 26.3 Å². The molecule has 7 nitrogen and oxygen atoms in total. The van der Waals surface area contributed by atoms with Crippen LogP contribution >= 0.6 is 0 Å². The van der Waals surface area contributed by atoms with E-state index in [1.165, 1.54) is 0 Å². The van der Waals surface area contributed by atoms with Gasteiger partial charge in [0.1, 0.15) is 0 Å². The number of amides is 1. The number of ether oxygens (including phenoxy) is 1. The standard InChI is InChI=1S/C13H21N5O2/c1-9(10-2-4-20-5-3-10)15-13(19)12-8-18(17-16-12)11-6-14-7-11/h8-11,14H,2-7H2,1H3,(H,15,19). The second kappa shape index (κ2) is 5.88. The fourth-order valence-electron chi connectivity index (χ4n) is 2.63. The summed E-state index contributed by atoms with van der Waals surface area (Å²) in [7, 11) is 0. The van der Waals surface area contributed by atoms with Crippen molar-refractivity contribution < 1.29 is 9.53 Å². The Morgan fingerprint density at radius 3 is 2.90 bits per heavy atom. The maximum atomic E-state index is 12.2. The zero-order chi connectivity index (χ0) is 13.9. The van der Waals surface area contributed by atoms with Gasteiger partial charge in [0.2, 0.25) is 0 Å². The highest BCUT2D eigenvalue weighted by atomic mass is 16.5. The third-order valence-corrected chi connectivity index (χ3v) is 4.21. The number of nitrogens with zero attached hydrogens (tertiary/aromatic N) is 3. The van der Waals surface area contributed by atoms with Crippen LogP contribution in [0.15, 0.2) is 6.20 Å². The first-order valence-electron chi connectivity index (χ1n) is 7.25. The zero-order valence-corrected chi connectivity index (χ0v) is 11.7. The van der Waals surface area contributed by atoms with E-state index in [1.807, 2.05) is 6.92 Å². The normalized spacial score (nSPS) is 22.2. The van der Waals surface area contributed by atoms with Gasteiger partial charge >= 0.3 is 0 Å². The molecule has 0 radical (unpaired) electrons. The SMILES string of the molecule is CC(NC(=O)c1cn(C2CNC2)nn1)C1CCOCC1. The second-order valence-corrected chi connectivity index (χ2v) is 5.61. The van der Waals surface area contributed by atoms with Gasteiger partial charge in [-0.1, -0.05) is 5.21 Å². The van der Waals surface area contributed by atoms with Crippen LogP contribution in [0.1, 0.15) is 36.3 Å². The lowest BCUT2D eigenvalue weighted by atomic mass is 9.93. The third-order valence-electron chi connectivity index (χ3n) is 4.21. The molecule has 2 aliphatic rings. The van der Waals surface area contributed by atoms with Crippen molar-refractivity contribution in [2.24, 2.45) is 5.92 Å². The molecule has 2 fully saturated rings. The van der Waals surface area contributed by atoms with Crippen LogP contribution in [0.3, 0.4) is 0 Å². The molecule has 1 amide bonds. The summed E-state index contributed by atoms with van der Waals surface area (Å²) in [6.45, 7) is 5.41. The first kappa shape index (κ1) is 13.5. The summed E-state index contributed by atoms with van der Waals surface area (Å²) in [5.41, 5.74) is 0.399. The van der Waals surface area contributed by atoms with Gasteiger partial charge in [-0.3, -0.25) is 4.79 Å². The van der Waals surface area contributed by atoms with Crippen LogP contribution in [-0.2, 0) is 4.74 Å². The van der Waals surface area contributed by atoms with E-state index in [4.69, 9.17) is 4.74 Å². The molecule has 20 heavy (non-hydrogen) atoms. The highest BCUT2D eigenvalue weighted by Crippen LogP contribution is 2.18. The smallest absolute Gasteiger partial charge is 0.273 e. The minimum atomic E-state index is -0.137. The third kappa shape index (κ3) is 2.83. The number of nitrogens with one attached hydrogen (secondary N) is 2. The van der Waals surface area contributed by atoms with Crippen LogP contribution in [0.4, 0.5) is 0 Å². The predicted molar refractivity (Wildman–Crippen MR) is 72.4 cm³/mol. The molecule has 1 unspecified atom stereocenters. The largest absolute Gasteiger partial charge is 0.381 e. The van der Waals surface area contributed by atoms with Gasteiger partial charge in [0.15, 0.2) is 5.69 Å². The monoisotopic (exact) mass is 279 g/mol. The summed E-state index contributed by atoms with van der Waals surface area (Å²) in [6.07, 6.45) is 3.74. The molecule has 0 bridgehead atoms. The molecule has 1 atom stereocenters. The van der Waals surface area contributed by atoms with Crippen molar-refractivity contribution in [1.82, 2.24) is 25.6 Å². The van der Waals surface area contributed by atoms with Crippen molar-refractivity contribution in [1.29, 1.82) is 0 Å². The molecule has 1 aromatic rings. The van der Waals surface area contributed by atoms with E-state index in [9.17, 15) is 4.79 Å². The fourth-order valence-corrected chi connectivity index (χ4v) is 2.63. The minimum absolute atomic E-state index is 0.137. The number of carbonyl (C=O) groups is 1. The molecule has 2 N–H and O–H groups in total. The average Bonchev–Trinajstić information content (AvgIpc) is 2.87. The Morgan fingerprint density at radius 1 is 1.50 bits per heavy atom. The van der Waals surface area contributed by atoms with Gasteiger partial charge in [-0.25, -0.2) is 4.68 Å². The lowest BCUT2D eigenvalue weighted by Gasteiger charge is -2.28. The van der Waals surface area contributed by atoms with Crippen molar-refractivity contribution in [3.8, 4) is 0 Å². The Labute approximate surface area is 118 Å². The average molecular weight is 279 g/mol. The first-order chi connectivity index (χ1) is 9.74. The number of carbonyl (C=O) groups excluding carboxylic acids is 1. The topological polar surface area (TPSA) is 81.1 Å². The lowest BCUT2D eigenvalue weighted by Crippen LogP contribution is -2.43. The van der Waals surface area contributed by atoms with Crippen LogP contribution in [0.5, 0.6) is 0 Å². The molecule has 0 spiro atoms. The summed E-state index contributed by atoms with van der Waals surface area (Å²) < 4.78 is 7.11. The molecule has 0 aromatic carbocycles. The van der Waals surface area contributed by atoms with Gasteiger partial charge in [-0.2, -0.15) is 0 Å². The molecule has 1 aromatic heterocycles.